The van der Waals surface area contributed by atoms with Crippen LogP contribution in [0, 0.1) is 0 Å². The number of fused-ring (bicyclic) bond motifs is 4. The van der Waals surface area contributed by atoms with Crippen molar-refractivity contribution in [2.24, 2.45) is 0 Å². The molecule has 1 N–H and O–H groups in total. The number of nitrogens with zero attached hydrogens (tertiary/aromatic N) is 5. The normalized spacial score (nSPS) is 20.8. The number of carbonyl (C=O) groups is 2. The molecule has 0 bridgehead atoms. The number of alkyl carbamates (subject to hydrolysis) is 1. The maximum atomic E-state index is 13.3. The Morgan fingerprint density at radius 2 is 1.59 bits per heavy atom. The standard InChI is InChI=1S/C37H37ClN6O6S/c1-48-37(46)50-32-20-24(39-36(45)49-22-30-28-8-4-2-6-26(28)27-7-3-5-9-29(27)30)21-44(32)34-33-31(14-19-51(33)47)40-35(41-34)43-17-15-42(16-18-43)25-12-10-23(38)11-13-25/h2-13,24,30,32H,14-22H2,1H3,(H,39,45)/t24-,32+,51?/m1/s1. The Morgan fingerprint density at radius 1 is 0.922 bits per heavy atom. The minimum absolute atomic E-state index is 0.0799. The van der Waals surface area contributed by atoms with E-state index >= 15 is 0 Å². The lowest BCUT2D eigenvalue weighted by atomic mass is 9.98. The number of amides is 1. The number of benzene rings is 3. The molecule has 1 aliphatic carbocycles. The highest BCUT2D eigenvalue weighted by Crippen LogP contribution is 2.44. The van der Waals surface area contributed by atoms with E-state index in [1.807, 2.05) is 48.5 Å². The highest BCUT2D eigenvalue weighted by molar-refractivity contribution is 7.85. The molecular formula is C37H37ClN6O6S. The van der Waals surface area contributed by atoms with E-state index in [9.17, 15) is 13.8 Å². The molecular weight excluding hydrogens is 692 g/mol. The molecule has 8 rings (SSSR count). The Kier molecular flexibility index (Phi) is 9.15. The predicted molar refractivity (Wildman–Crippen MR) is 194 cm³/mol. The number of carbonyl (C=O) groups excluding carboxylic acids is 2. The van der Waals surface area contributed by atoms with Gasteiger partial charge in [-0.1, -0.05) is 60.1 Å². The minimum atomic E-state index is -1.33. The van der Waals surface area contributed by atoms with Crippen LogP contribution in [0.25, 0.3) is 11.1 Å². The van der Waals surface area contributed by atoms with E-state index in [1.54, 1.807) is 4.90 Å². The van der Waals surface area contributed by atoms with Crippen LogP contribution in [0.4, 0.5) is 27.0 Å². The molecule has 3 atom stereocenters. The summed E-state index contributed by atoms with van der Waals surface area (Å²) in [7, 11) is -0.0881. The maximum Gasteiger partial charge on any atom is 0.509 e. The number of methoxy groups -OCH3 is 1. The molecule has 1 unspecified atom stereocenters. The van der Waals surface area contributed by atoms with Crippen molar-refractivity contribution < 1.29 is 28.0 Å². The van der Waals surface area contributed by atoms with Crippen molar-refractivity contribution in [2.45, 2.75) is 35.9 Å². The van der Waals surface area contributed by atoms with Gasteiger partial charge in [0.1, 0.15) is 11.5 Å². The number of halogens is 1. The van der Waals surface area contributed by atoms with Crippen molar-refractivity contribution in [1.82, 2.24) is 15.3 Å². The number of hydrogen-bond acceptors (Lipinski definition) is 11. The summed E-state index contributed by atoms with van der Waals surface area (Å²) in [6.07, 6.45) is -1.47. The summed E-state index contributed by atoms with van der Waals surface area (Å²) in [6, 6.07) is 23.7. The lowest BCUT2D eigenvalue weighted by Crippen LogP contribution is -2.47. The van der Waals surface area contributed by atoms with Gasteiger partial charge in [-0.05, 0) is 46.5 Å². The molecule has 2 saturated heterocycles. The Bertz CT molecular complexity index is 1950. The maximum absolute atomic E-state index is 13.3. The number of nitrogens with one attached hydrogen (secondary N) is 1. The van der Waals surface area contributed by atoms with Crippen molar-refractivity contribution in [1.29, 1.82) is 0 Å². The Morgan fingerprint density at radius 3 is 2.27 bits per heavy atom. The van der Waals surface area contributed by atoms with Gasteiger partial charge in [0.25, 0.3) is 0 Å². The third-order valence-electron chi connectivity index (χ3n) is 10.00. The monoisotopic (exact) mass is 728 g/mol. The van der Waals surface area contributed by atoms with Gasteiger partial charge in [-0.15, -0.1) is 0 Å². The van der Waals surface area contributed by atoms with E-state index in [0.29, 0.717) is 46.9 Å². The molecule has 4 aliphatic rings. The van der Waals surface area contributed by atoms with E-state index in [-0.39, 0.29) is 25.5 Å². The molecule has 0 saturated carbocycles. The third-order valence-corrected chi connectivity index (χ3v) is 11.7. The minimum Gasteiger partial charge on any atom is -0.449 e. The second-order valence-electron chi connectivity index (χ2n) is 13.0. The van der Waals surface area contributed by atoms with Crippen molar-refractivity contribution in [2.75, 3.05) is 66.9 Å². The zero-order valence-electron chi connectivity index (χ0n) is 28.0. The van der Waals surface area contributed by atoms with Gasteiger partial charge < -0.3 is 34.2 Å². The molecule has 14 heteroatoms. The fourth-order valence-corrected chi connectivity index (χ4v) is 9.01. The first kappa shape index (κ1) is 33.3. The van der Waals surface area contributed by atoms with E-state index in [2.05, 4.69) is 39.4 Å². The molecule has 4 aromatic rings. The first-order valence-electron chi connectivity index (χ1n) is 17.0. The molecule has 3 aliphatic heterocycles. The Labute approximate surface area is 303 Å². The zero-order valence-corrected chi connectivity index (χ0v) is 29.6. The lowest BCUT2D eigenvalue weighted by molar-refractivity contribution is 0.0394. The van der Waals surface area contributed by atoms with Crippen LogP contribution in [-0.2, 0) is 31.4 Å². The lowest BCUT2D eigenvalue weighted by Gasteiger charge is -2.36. The highest BCUT2D eigenvalue weighted by Gasteiger charge is 2.41. The third kappa shape index (κ3) is 6.56. The number of ether oxygens (including phenoxy) is 3. The highest BCUT2D eigenvalue weighted by atomic mass is 35.5. The SMILES string of the molecule is COC(=O)O[C@H]1C[C@@H](NC(=O)OCC2c3ccccc3-c3ccccc32)CN1c1nc(N2CCN(c3ccc(Cl)cc3)CC2)nc2c1S(=O)CC2. The topological polar surface area (TPSA) is 126 Å². The molecule has 51 heavy (non-hydrogen) atoms. The van der Waals surface area contributed by atoms with Crippen LogP contribution in [0.1, 0.15) is 29.2 Å². The average molecular weight is 729 g/mol. The summed E-state index contributed by atoms with van der Waals surface area (Å²) in [5, 5.41) is 3.67. The number of aryl methyl sites for hydroxylation is 1. The number of anilines is 3. The van der Waals surface area contributed by atoms with Crippen LogP contribution in [-0.4, -0.2) is 90.9 Å². The average Bonchev–Trinajstić information content (AvgIpc) is 3.83. The summed E-state index contributed by atoms with van der Waals surface area (Å²) >= 11 is 6.10. The van der Waals surface area contributed by atoms with E-state index in [0.717, 1.165) is 46.7 Å². The number of hydrogen-bond donors (Lipinski definition) is 1. The van der Waals surface area contributed by atoms with Crippen LogP contribution >= 0.6 is 11.6 Å². The summed E-state index contributed by atoms with van der Waals surface area (Å²) in [4.78, 5) is 42.3. The van der Waals surface area contributed by atoms with Gasteiger partial charge >= 0.3 is 12.2 Å². The fourth-order valence-electron chi connectivity index (χ4n) is 7.52. The molecule has 1 amide bonds. The predicted octanol–water partition coefficient (Wildman–Crippen LogP) is 5.35. The van der Waals surface area contributed by atoms with Gasteiger partial charge in [0.05, 0.1) is 29.6 Å². The molecule has 0 spiro atoms. The Hall–Kier alpha value is -4.88. The van der Waals surface area contributed by atoms with Gasteiger partial charge in [-0.3, -0.25) is 4.21 Å². The Balaban J connectivity index is 0.994. The molecule has 3 aromatic carbocycles. The van der Waals surface area contributed by atoms with Gasteiger partial charge in [-0.25, -0.2) is 14.6 Å². The summed E-state index contributed by atoms with van der Waals surface area (Å²) in [6.45, 7) is 3.29. The molecule has 4 heterocycles. The van der Waals surface area contributed by atoms with Gasteiger partial charge in [0.2, 0.25) is 5.95 Å². The molecule has 0 radical (unpaired) electrons. The van der Waals surface area contributed by atoms with Crippen molar-refractivity contribution >= 4 is 52.1 Å². The quantitative estimate of drug-likeness (QED) is 0.248. The van der Waals surface area contributed by atoms with E-state index < -0.39 is 35.3 Å². The van der Waals surface area contributed by atoms with Gasteiger partial charge in [0, 0.05) is 67.9 Å². The number of piperazine rings is 1. The van der Waals surface area contributed by atoms with Crippen LogP contribution < -0.4 is 20.0 Å². The zero-order chi connectivity index (χ0) is 35.1. The van der Waals surface area contributed by atoms with Crippen LogP contribution in [0.3, 0.4) is 0 Å². The fraction of sp³-hybridized carbons (Fsp3) is 0.351. The van der Waals surface area contributed by atoms with Crippen molar-refractivity contribution in [3.63, 3.8) is 0 Å². The molecule has 12 nitrogen and oxygen atoms in total. The first-order chi connectivity index (χ1) is 24.9. The van der Waals surface area contributed by atoms with E-state index in [4.69, 9.17) is 35.8 Å². The van der Waals surface area contributed by atoms with Gasteiger partial charge in [-0.2, -0.15) is 4.98 Å². The van der Waals surface area contributed by atoms with Crippen LogP contribution in [0.5, 0.6) is 0 Å². The summed E-state index contributed by atoms with van der Waals surface area (Å²) < 4.78 is 29.7. The van der Waals surface area contributed by atoms with Crippen LogP contribution in [0.15, 0.2) is 77.7 Å². The van der Waals surface area contributed by atoms with Gasteiger partial charge in [0.15, 0.2) is 12.0 Å². The number of rotatable bonds is 7. The van der Waals surface area contributed by atoms with E-state index in [1.165, 1.54) is 7.11 Å². The van der Waals surface area contributed by atoms with Crippen LogP contribution in [0.2, 0.25) is 5.02 Å². The smallest absolute Gasteiger partial charge is 0.449 e. The molecule has 1 aromatic heterocycles. The summed E-state index contributed by atoms with van der Waals surface area (Å²) in [5.74, 6) is 1.33. The second kappa shape index (κ2) is 14.0. The molecule has 264 valence electrons. The second-order valence-corrected chi connectivity index (χ2v) is 14.9. The first-order valence-corrected chi connectivity index (χ1v) is 18.7. The van der Waals surface area contributed by atoms with Crippen molar-refractivity contribution in [3.8, 4) is 11.1 Å². The molecule has 2 fully saturated rings. The number of aromatic nitrogens is 2. The summed E-state index contributed by atoms with van der Waals surface area (Å²) in [5.41, 5.74) is 6.36. The largest absolute Gasteiger partial charge is 0.509 e. The van der Waals surface area contributed by atoms with Crippen molar-refractivity contribution in [3.05, 3.63) is 94.6 Å².